The first-order valence-corrected chi connectivity index (χ1v) is 20.2. The fourth-order valence-corrected chi connectivity index (χ4v) is 9.01. The van der Waals surface area contributed by atoms with Gasteiger partial charge in [0.05, 0.1) is 40.1 Å². The third kappa shape index (κ3) is 8.63. The standard InChI is InChI=1S/C40H46ClN3O8S2/c1-44(39(16-4-3-5-17-39)52-38(48)40(49,34-10-8-20-53-34)35-11-9-21-54-35)18-6-7-19-51-33-23-32(50-2)26(22-29(33)41)24-42-25-31(46)27-12-14-30(45)37-28(27)13-15-36(47)43-37/h8-15,20-23,31,42,45-46,49H,3-7,16-19,24-25H2,1-2H3,(H,43,47)/t31-/m0/s1. The van der Waals surface area contributed by atoms with E-state index in [9.17, 15) is 24.9 Å². The van der Waals surface area contributed by atoms with Crippen LogP contribution < -0.4 is 20.3 Å². The molecule has 5 aromatic rings. The number of unbranched alkanes of at least 4 members (excludes halogenated alkanes) is 1. The van der Waals surface area contributed by atoms with Crippen LogP contribution in [0.4, 0.5) is 0 Å². The zero-order chi connectivity index (χ0) is 38.3. The number of methoxy groups -OCH3 is 1. The first-order chi connectivity index (χ1) is 26.1. The highest BCUT2D eigenvalue weighted by Gasteiger charge is 2.49. The van der Waals surface area contributed by atoms with Crippen molar-refractivity contribution in [3.63, 3.8) is 0 Å². The zero-order valence-electron chi connectivity index (χ0n) is 30.3. The lowest BCUT2D eigenvalue weighted by molar-refractivity contribution is -0.206. The van der Waals surface area contributed by atoms with Gasteiger partial charge in [0.15, 0.2) is 5.72 Å². The van der Waals surface area contributed by atoms with Gasteiger partial charge in [-0.05, 0) is 79.4 Å². The van der Waals surface area contributed by atoms with Crippen LogP contribution in [-0.4, -0.2) is 70.8 Å². The van der Waals surface area contributed by atoms with Crippen LogP contribution in [-0.2, 0) is 21.7 Å². The van der Waals surface area contributed by atoms with Crippen LogP contribution in [0.3, 0.4) is 0 Å². The summed E-state index contributed by atoms with van der Waals surface area (Å²) < 4.78 is 18.1. The maximum atomic E-state index is 13.9. The molecule has 3 heterocycles. The van der Waals surface area contributed by atoms with E-state index in [1.807, 2.05) is 29.9 Å². The van der Waals surface area contributed by atoms with E-state index in [-0.39, 0.29) is 23.4 Å². The number of ether oxygens (including phenoxy) is 3. The minimum Gasteiger partial charge on any atom is -0.506 e. The Bertz CT molecular complexity index is 2030. The molecule has 1 atom stereocenters. The van der Waals surface area contributed by atoms with Gasteiger partial charge in [0, 0.05) is 55.6 Å². The number of aromatic nitrogens is 1. The van der Waals surface area contributed by atoms with E-state index >= 15 is 0 Å². The van der Waals surface area contributed by atoms with Gasteiger partial charge in [0.2, 0.25) is 11.2 Å². The predicted molar refractivity (Wildman–Crippen MR) is 212 cm³/mol. The summed E-state index contributed by atoms with van der Waals surface area (Å²) in [7, 11) is 3.55. The maximum absolute atomic E-state index is 13.9. The van der Waals surface area contributed by atoms with Crippen molar-refractivity contribution in [2.24, 2.45) is 0 Å². The summed E-state index contributed by atoms with van der Waals surface area (Å²) in [5.41, 5.74) is -1.39. The molecule has 2 aromatic carbocycles. The molecule has 0 saturated heterocycles. The van der Waals surface area contributed by atoms with Crippen LogP contribution in [0.1, 0.15) is 71.9 Å². The number of H-pyrrole nitrogens is 1. The highest BCUT2D eigenvalue weighted by atomic mass is 35.5. The van der Waals surface area contributed by atoms with Crippen LogP contribution in [0, 0.1) is 0 Å². The molecule has 3 aromatic heterocycles. The van der Waals surface area contributed by atoms with E-state index in [2.05, 4.69) is 15.2 Å². The molecule has 1 saturated carbocycles. The average molecular weight is 796 g/mol. The van der Waals surface area contributed by atoms with Gasteiger partial charge in [0.1, 0.15) is 17.2 Å². The average Bonchev–Trinajstić information content (AvgIpc) is 3.92. The van der Waals surface area contributed by atoms with E-state index in [0.717, 1.165) is 37.7 Å². The Balaban J connectivity index is 1.02. The summed E-state index contributed by atoms with van der Waals surface area (Å²) in [6, 6.07) is 16.7. The number of nitrogens with zero attached hydrogens (tertiary/aromatic N) is 1. The number of esters is 1. The number of thiophene rings is 2. The number of carbonyl (C=O) groups is 1. The van der Waals surface area contributed by atoms with Crippen molar-refractivity contribution >= 4 is 51.1 Å². The summed E-state index contributed by atoms with van der Waals surface area (Å²) in [4.78, 5) is 31.5. The Morgan fingerprint density at radius 2 is 1.76 bits per heavy atom. The van der Waals surface area contributed by atoms with Crippen LogP contribution in [0.2, 0.25) is 5.02 Å². The molecule has 6 rings (SSSR count). The van der Waals surface area contributed by atoms with Crippen LogP contribution in [0.25, 0.3) is 10.9 Å². The second-order valence-corrected chi connectivity index (χ2v) is 15.9. The summed E-state index contributed by atoms with van der Waals surface area (Å²) in [6.07, 6.45) is 4.92. The third-order valence-corrected chi connectivity index (χ3v) is 12.3. The number of aromatic hydroxyl groups is 1. The van der Waals surface area contributed by atoms with E-state index in [1.54, 1.807) is 43.5 Å². The number of aromatic amines is 1. The smallest absolute Gasteiger partial charge is 0.351 e. The van der Waals surface area contributed by atoms with E-state index in [4.69, 9.17) is 25.8 Å². The van der Waals surface area contributed by atoms with Crippen molar-refractivity contribution in [3.05, 3.63) is 108 Å². The number of benzene rings is 2. The zero-order valence-corrected chi connectivity index (χ0v) is 32.7. The number of phenols is 1. The number of halogens is 1. The van der Waals surface area contributed by atoms with Crippen molar-refractivity contribution in [1.82, 2.24) is 15.2 Å². The van der Waals surface area contributed by atoms with Crippen molar-refractivity contribution in [2.45, 2.75) is 68.9 Å². The number of rotatable bonds is 17. The Kier molecular flexibility index (Phi) is 13.0. The van der Waals surface area contributed by atoms with Gasteiger partial charge in [-0.25, -0.2) is 4.79 Å². The number of carbonyl (C=O) groups excluding carboxylic acids is 1. The third-order valence-electron chi connectivity index (χ3n) is 10.1. The van der Waals surface area contributed by atoms with Gasteiger partial charge in [-0.1, -0.05) is 36.2 Å². The quantitative estimate of drug-likeness (QED) is 0.0375. The number of aliphatic hydroxyl groups excluding tert-OH is 1. The molecule has 1 fully saturated rings. The van der Waals surface area contributed by atoms with Crippen molar-refractivity contribution in [3.8, 4) is 17.2 Å². The van der Waals surface area contributed by atoms with Crippen LogP contribution in [0.5, 0.6) is 17.2 Å². The topological polar surface area (TPSA) is 154 Å². The molecule has 288 valence electrons. The summed E-state index contributed by atoms with van der Waals surface area (Å²) in [6.45, 7) is 1.62. The molecule has 0 aliphatic heterocycles. The molecule has 0 radical (unpaired) electrons. The molecule has 14 heteroatoms. The Labute approximate surface area is 327 Å². The van der Waals surface area contributed by atoms with E-state index < -0.39 is 23.4 Å². The lowest BCUT2D eigenvalue weighted by Crippen LogP contribution is -2.54. The molecule has 54 heavy (non-hydrogen) atoms. The number of pyridine rings is 1. The molecule has 1 aliphatic rings. The number of fused-ring (bicyclic) bond motifs is 1. The molecule has 5 N–H and O–H groups in total. The summed E-state index contributed by atoms with van der Waals surface area (Å²) in [5, 5.41) is 40.9. The minimum absolute atomic E-state index is 0.0682. The van der Waals surface area contributed by atoms with E-state index in [1.165, 1.54) is 34.8 Å². The van der Waals surface area contributed by atoms with E-state index in [0.29, 0.717) is 69.8 Å². The molecular formula is C40H46ClN3O8S2. The number of hydrogen-bond donors (Lipinski definition) is 5. The molecule has 11 nitrogen and oxygen atoms in total. The lowest BCUT2D eigenvalue weighted by atomic mass is 9.89. The van der Waals surface area contributed by atoms with Crippen molar-refractivity contribution in [1.29, 1.82) is 0 Å². The summed E-state index contributed by atoms with van der Waals surface area (Å²) >= 11 is 9.32. The Morgan fingerprint density at radius 3 is 2.43 bits per heavy atom. The number of phenolic OH excluding ortho intramolecular Hbond substituents is 1. The number of hydrogen-bond acceptors (Lipinski definition) is 12. The molecule has 0 spiro atoms. The summed E-state index contributed by atoms with van der Waals surface area (Å²) in [5.74, 6) is 0.359. The van der Waals surface area contributed by atoms with Gasteiger partial charge in [0.25, 0.3) is 0 Å². The largest absolute Gasteiger partial charge is 0.506 e. The Morgan fingerprint density at radius 1 is 1.04 bits per heavy atom. The Hall–Kier alpha value is -3.95. The second-order valence-electron chi connectivity index (χ2n) is 13.6. The normalized spacial score (nSPS) is 15.0. The first-order valence-electron chi connectivity index (χ1n) is 18.0. The van der Waals surface area contributed by atoms with Gasteiger partial charge < -0.3 is 39.8 Å². The molecule has 0 bridgehead atoms. The predicted octanol–water partition coefficient (Wildman–Crippen LogP) is 7.07. The van der Waals surface area contributed by atoms with Crippen LogP contribution in [0.15, 0.2) is 76.2 Å². The first kappa shape index (κ1) is 39.7. The van der Waals surface area contributed by atoms with Gasteiger partial charge in [-0.15, -0.1) is 22.7 Å². The molecule has 0 unspecified atom stereocenters. The number of aliphatic hydroxyl groups is 2. The molecule has 0 amide bonds. The minimum atomic E-state index is -1.86. The second kappa shape index (κ2) is 17.7. The SMILES string of the molecule is COc1cc(OCCCCN(C)C2(OC(=O)C(O)(c3cccs3)c3cccs3)CCCCC2)c(Cl)cc1CNC[C@H](O)c1ccc(O)c2[nH]c(=O)ccc12. The number of nitrogens with one attached hydrogen (secondary N) is 2. The monoisotopic (exact) mass is 795 g/mol. The van der Waals surface area contributed by atoms with Gasteiger partial charge in [-0.3, -0.25) is 9.69 Å². The highest BCUT2D eigenvalue weighted by Crippen LogP contribution is 2.41. The highest BCUT2D eigenvalue weighted by molar-refractivity contribution is 7.12. The van der Waals surface area contributed by atoms with Gasteiger partial charge >= 0.3 is 5.97 Å². The lowest BCUT2D eigenvalue weighted by Gasteiger charge is -2.45. The van der Waals surface area contributed by atoms with Crippen molar-refractivity contribution < 1.29 is 34.3 Å². The molecule has 1 aliphatic carbocycles. The maximum Gasteiger partial charge on any atom is 0.351 e. The van der Waals surface area contributed by atoms with Crippen LogP contribution >= 0.6 is 34.3 Å². The fourth-order valence-electron chi connectivity index (χ4n) is 7.06. The fraction of sp³-hybridized carbons (Fsp3) is 0.400. The van der Waals surface area contributed by atoms with Crippen molar-refractivity contribution in [2.75, 3.05) is 33.9 Å². The van der Waals surface area contributed by atoms with Gasteiger partial charge in [-0.2, -0.15) is 0 Å². The molecular weight excluding hydrogens is 750 g/mol.